The van der Waals surface area contributed by atoms with Gasteiger partial charge in [-0.2, -0.15) is 0 Å². The zero-order chi connectivity index (χ0) is 6.27. The van der Waals surface area contributed by atoms with Crippen LogP contribution < -0.4 is 0 Å². The van der Waals surface area contributed by atoms with Gasteiger partial charge in [0.25, 0.3) is 0 Å². The Bertz CT molecular complexity index is 294. The molecule has 0 aliphatic rings. The zero-order valence-corrected chi connectivity index (χ0v) is 5.73. The van der Waals surface area contributed by atoms with Gasteiger partial charge in [0.2, 0.25) is 4.90 Å². The molecule has 2 aromatic rings. The molecule has 9 heavy (non-hydrogen) atoms. The third-order valence-corrected chi connectivity index (χ3v) is 1.91. The summed E-state index contributed by atoms with van der Waals surface area (Å²) < 4.78 is 5.22. The number of oxazole rings is 1. The largest absolute Gasteiger partial charge is 0.430 e. The van der Waals surface area contributed by atoms with E-state index in [1.54, 1.807) is 11.3 Å². The molecule has 0 atom stereocenters. The zero-order valence-electron chi connectivity index (χ0n) is 4.92. The van der Waals surface area contributed by atoms with Crippen LogP contribution in [0.4, 0.5) is 0 Å². The van der Waals surface area contributed by atoms with E-state index in [9.17, 15) is 0 Å². The van der Waals surface area contributed by atoms with Crippen LogP contribution in [0.3, 0.4) is 0 Å². The number of aromatic nitrogens is 1. The molecule has 0 bridgehead atoms. The molecule has 0 amide bonds. The Morgan fingerprint density at radius 3 is 3.33 bits per heavy atom. The minimum Gasteiger partial charge on any atom is -0.430 e. The molecular formula is C6H5NOS. The van der Waals surface area contributed by atoms with Crippen molar-refractivity contribution >= 4 is 21.8 Å². The average Bonchev–Trinajstić information content (AvgIpc) is 2.22. The summed E-state index contributed by atoms with van der Waals surface area (Å²) in [6, 6.07) is 1.95. The highest BCUT2D eigenvalue weighted by Crippen LogP contribution is 2.20. The molecule has 0 N–H and O–H groups in total. The summed E-state index contributed by atoms with van der Waals surface area (Å²) in [5.74, 6) is 0.747. The van der Waals surface area contributed by atoms with Crippen LogP contribution in [0.15, 0.2) is 15.9 Å². The Labute approximate surface area is 56.1 Å². The van der Waals surface area contributed by atoms with Crippen LogP contribution in [0.1, 0.15) is 5.89 Å². The van der Waals surface area contributed by atoms with E-state index in [2.05, 4.69) is 4.98 Å². The maximum atomic E-state index is 5.22. The van der Waals surface area contributed by atoms with E-state index in [-0.39, 0.29) is 0 Å². The summed E-state index contributed by atoms with van der Waals surface area (Å²) >= 11 is 1.58. The van der Waals surface area contributed by atoms with E-state index in [0.717, 1.165) is 16.3 Å². The van der Waals surface area contributed by atoms with Gasteiger partial charge in [-0.05, 0) is 11.4 Å². The Morgan fingerprint density at radius 2 is 2.56 bits per heavy atom. The monoisotopic (exact) mass is 139 g/mol. The number of fused-ring (bicyclic) bond motifs is 1. The smallest absolute Gasteiger partial charge is 0.208 e. The lowest BCUT2D eigenvalue weighted by atomic mass is 10.6. The number of nitrogens with zero attached hydrogens (tertiary/aromatic N) is 1. The van der Waals surface area contributed by atoms with Gasteiger partial charge >= 0.3 is 0 Å². The Hall–Kier alpha value is -0.830. The van der Waals surface area contributed by atoms with E-state index in [0.29, 0.717) is 0 Å². The number of hydrogen-bond acceptors (Lipinski definition) is 3. The van der Waals surface area contributed by atoms with Gasteiger partial charge in [0, 0.05) is 6.92 Å². The standard InChI is InChI=1S/C6H5NOS/c1-4-7-5-2-3-9-6(5)8-4/h2-3H,1H3. The number of thiophene rings is 1. The lowest BCUT2D eigenvalue weighted by Crippen LogP contribution is -1.62. The van der Waals surface area contributed by atoms with Crippen molar-refractivity contribution in [2.75, 3.05) is 0 Å². The van der Waals surface area contributed by atoms with Crippen LogP contribution >= 0.6 is 11.3 Å². The van der Waals surface area contributed by atoms with Crippen molar-refractivity contribution in [2.24, 2.45) is 0 Å². The first-order chi connectivity index (χ1) is 4.36. The minimum atomic E-state index is 0.747. The van der Waals surface area contributed by atoms with Crippen molar-refractivity contribution in [3.63, 3.8) is 0 Å². The van der Waals surface area contributed by atoms with Gasteiger partial charge in [0.15, 0.2) is 5.89 Å². The summed E-state index contributed by atoms with van der Waals surface area (Å²) in [5.41, 5.74) is 0.970. The van der Waals surface area contributed by atoms with Gasteiger partial charge in [0.05, 0.1) is 0 Å². The first-order valence-corrected chi connectivity index (χ1v) is 3.55. The van der Waals surface area contributed by atoms with E-state index in [1.807, 2.05) is 18.4 Å². The van der Waals surface area contributed by atoms with E-state index in [1.165, 1.54) is 0 Å². The SMILES string of the molecule is Cc1nc2ccsc2o1. The van der Waals surface area contributed by atoms with Crippen molar-refractivity contribution in [3.8, 4) is 0 Å². The van der Waals surface area contributed by atoms with Gasteiger partial charge in [-0.1, -0.05) is 0 Å². The molecule has 0 spiro atoms. The van der Waals surface area contributed by atoms with Gasteiger partial charge < -0.3 is 4.42 Å². The molecule has 0 aromatic carbocycles. The topological polar surface area (TPSA) is 26.0 Å². The second-order valence-electron chi connectivity index (χ2n) is 1.83. The van der Waals surface area contributed by atoms with Crippen molar-refractivity contribution < 1.29 is 4.42 Å². The van der Waals surface area contributed by atoms with Crippen LogP contribution in [0.5, 0.6) is 0 Å². The fraction of sp³-hybridized carbons (Fsp3) is 0.167. The Morgan fingerprint density at radius 1 is 1.67 bits per heavy atom. The molecule has 0 radical (unpaired) electrons. The van der Waals surface area contributed by atoms with Gasteiger partial charge in [-0.25, -0.2) is 4.98 Å². The predicted octanol–water partition coefficient (Wildman–Crippen LogP) is 2.20. The third-order valence-electron chi connectivity index (χ3n) is 1.13. The average molecular weight is 139 g/mol. The summed E-state index contributed by atoms with van der Waals surface area (Å²) in [4.78, 5) is 5.04. The first kappa shape index (κ1) is 4.99. The normalized spacial score (nSPS) is 10.8. The summed E-state index contributed by atoms with van der Waals surface area (Å²) in [7, 11) is 0. The molecule has 0 aliphatic carbocycles. The summed E-state index contributed by atoms with van der Waals surface area (Å²) in [5, 5.41) is 1.97. The second kappa shape index (κ2) is 1.57. The molecule has 0 unspecified atom stereocenters. The molecule has 2 rings (SSSR count). The maximum absolute atomic E-state index is 5.22. The van der Waals surface area contributed by atoms with Crippen molar-refractivity contribution in [1.82, 2.24) is 4.98 Å². The number of hydrogen-bond donors (Lipinski definition) is 0. The molecule has 0 saturated heterocycles. The van der Waals surface area contributed by atoms with Gasteiger partial charge in [-0.3, -0.25) is 0 Å². The van der Waals surface area contributed by atoms with E-state index in [4.69, 9.17) is 4.42 Å². The maximum Gasteiger partial charge on any atom is 0.208 e. The lowest BCUT2D eigenvalue weighted by Gasteiger charge is -1.71. The predicted molar refractivity (Wildman–Crippen MR) is 36.6 cm³/mol. The highest BCUT2D eigenvalue weighted by molar-refractivity contribution is 7.16. The van der Waals surface area contributed by atoms with Crippen molar-refractivity contribution in [2.45, 2.75) is 6.92 Å². The highest BCUT2D eigenvalue weighted by Gasteiger charge is 1.99. The molecule has 0 aliphatic heterocycles. The molecule has 2 nitrogen and oxygen atoms in total. The summed E-state index contributed by atoms with van der Waals surface area (Å²) in [6.07, 6.45) is 0. The number of aryl methyl sites for hydroxylation is 1. The first-order valence-electron chi connectivity index (χ1n) is 2.67. The van der Waals surface area contributed by atoms with E-state index < -0.39 is 0 Å². The molecule has 0 saturated carbocycles. The Kier molecular flexibility index (Phi) is 0.873. The molecule has 46 valence electrons. The van der Waals surface area contributed by atoms with Gasteiger partial charge in [-0.15, -0.1) is 11.3 Å². The van der Waals surface area contributed by atoms with Gasteiger partial charge in [0.1, 0.15) is 5.52 Å². The molecule has 2 aromatic heterocycles. The fourth-order valence-corrected chi connectivity index (χ4v) is 1.50. The minimum absolute atomic E-state index is 0.747. The molecule has 2 heterocycles. The summed E-state index contributed by atoms with van der Waals surface area (Å²) in [6.45, 7) is 1.85. The second-order valence-corrected chi connectivity index (χ2v) is 2.70. The lowest BCUT2D eigenvalue weighted by molar-refractivity contribution is 0.567. The van der Waals surface area contributed by atoms with Crippen LogP contribution in [0.2, 0.25) is 0 Å². The fourth-order valence-electron chi connectivity index (χ4n) is 0.775. The van der Waals surface area contributed by atoms with Crippen molar-refractivity contribution in [3.05, 3.63) is 17.3 Å². The Balaban J connectivity index is 2.92. The highest BCUT2D eigenvalue weighted by atomic mass is 32.1. The van der Waals surface area contributed by atoms with Crippen molar-refractivity contribution in [1.29, 1.82) is 0 Å². The van der Waals surface area contributed by atoms with Crippen LogP contribution in [0.25, 0.3) is 10.4 Å². The number of rotatable bonds is 0. The van der Waals surface area contributed by atoms with E-state index >= 15 is 0 Å². The molecule has 0 fully saturated rings. The molecular weight excluding hydrogens is 134 g/mol. The third kappa shape index (κ3) is 0.650. The quantitative estimate of drug-likeness (QED) is 0.559. The molecule has 3 heteroatoms. The van der Waals surface area contributed by atoms with Crippen LogP contribution in [-0.4, -0.2) is 4.98 Å². The van der Waals surface area contributed by atoms with Crippen LogP contribution in [0, 0.1) is 6.92 Å². The van der Waals surface area contributed by atoms with Crippen LogP contribution in [-0.2, 0) is 0 Å².